The van der Waals surface area contributed by atoms with E-state index in [1.807, 2.05) is 0 Å². The van der Waals surface area contributed by atoms with Crippen molar-refractivity contribution in [3.63, 3.8) is 0 Å². The van der Waals surface area contributed by atoms with Gasteiger partial charge in [-0.1, -0.05) is 0 Å². The lowest BCUT2D eigenvalue weighted by atomic mass is 10.1. The minimum atomic E-state index is -5.19. The highest BCUT2D eigenvalue weighted by Crippen LogP contribution is 2.34. The summed E-state index contributed by atoms with van der Waals surface area (Å²) >= 11 is 0. The van der Waals surface area contributed by atoms with Crippen LogP contribution in [0.3, 0.4) is 0 Å². The monoisotopic (exact) mass is 304 g/mol. The van der Waals surface area contributed by atoms with Gasteiger partial charge in [0.05, 0.1) is 22.7 Å². The van der Waals surface area contributed by atoms with E-state index in [4.69, 9.17) is 5.26 Å². The van der Waals surface area contributed by atoms with Crippen LogP contribution in [0.1, 0.15) is 22.8 Å². The Labute approximate surface area is 115 Å². The number of carbonyl (C=O) groups excluding carboxylic acids is 1. The van der Waals surface area contributed by atoms with Gasteiger partial charge in [0.2, 0.25) is 5.75 Å². The summed E-state index contributed by atoms with van der Waals surface area (Å²) in [5.74, 6) is -2.29. The normalized spacial score (nSPS) is 10.6. The van der Waals surface area contributed by atoms with E-state index in [1.54, 1.807) is 0 Å². The fourth-order valence-electron chi connectivity index (χ4n) is 1.39. The van der Waals surface area contributed by atoms with Crippen molar-refractivity contribution in [1.29, 1.82) is 5.26 Å². The summed E-state index contributed by atoms with van der Waals surface area (Å²) in [6.07, 6.45) is -5.19. The van der Waals surface area contributed by atoms with E-state index in [9.17, 15) is 28.1 Å². The van der Waals surface area contributed by atoms with Crippen LogP contribution in [0.25, 0.3) is 0 Å². The molecule has 0 fully saturated rings. The van der Waals surface area contributed by atoms with Gasteiger partial charge in [-0.25, -0.2) is 4.79 Å². The van der Waals surface area contributed by atoms with Gasteiger partial charge in [-0.05, 0) is 6.92 Å². The first-order valence-electron chi connectivity index (χ1n) is 5.35. The van der Waals surface area contributed by atoms with Crippen molar-refractivity contribution in [3.8, 4) is 11.8 Å². The third-order valence-corrected chi connectivity index (χ3v) is 2.14. The Morgan fingerprint density at radius 3 is 2.52 bits per heavy atom. The number of carbonyl (C=O) groups is 1. The highest BCUT2D eigenvalue weighted by molar-refractivity contribution is 5.93. The van der Waals surface area contributed by atoms with E-state index in [-0.39, 0.29) is 6.61 Å². The molecule has 0 radical (unpaired) electrons. The van der Waals surface area contributed by atoms with Crippen LogP contribution in [0.4, 0.5) is 18.9 Å². The zero-order valence-corrected chi connectivity index (χ0v) is 10.4. The van der Waals surface area contributed by atoms with Gasteiger partial charge in [-0.15, -0.1) is 13.2 Å². The minimum absolute atomic E-state index is 0.0872. The lowest BCUT2D eigenvalue weighted by Crippen LogP contribution is -2.19. The molecule has 1 rings (SSSR count). The number of alkyl halides is 3. The van der Waals surface area contributed by atoms with Gasteiger partial charge in [-0.2, -0.15) is 5.26 Å². The number of esters is 1. The Balaban J connectivity index is 3.47. The molecule has 0 aliphatic heterocycles. The summed E-state index contributed by atoms with van der Waals surface area (Å²) in [7, 11) is 0. The quantitative estimate of drug-likeness (QED) is 0.481. The smallest absolute Gasteiger partial charge is 0.462 e. The van der Waals surface area contributed by atoms with Crippen LogP contribution in [-0.4, -0.2) is 23.9 Å². The van der Waals surface area contributed by atoms with Gasteiger partial charge < -0.3 is 9.47 Å². The Hall–Kier alpha value is -2.83. The van der Waals surface area contributed by atoms with Crippen molar-refractivity contribution in [2.75, 3.05) is 6.61 Å². The average Bonchev–Trinajstić information content (AvgIpc) is 2.36. The van der Waals surface area contributed by atoms with E-state index in [2.05, 4.69) is 9.47 Å². The molecule has 1 aromatic carbocycles. The SMILES string of the molecule is CCOC(=O)c1cc(OC(F)(F)F)c([N+](=O)[O-])cc1C#N. The number of hydrogen-bond acceptors (Lipinski definition) is 6. The van der Waals surface area contributed by atoms with Gasteiger partial charge >= 0.3 is 18.0 Å². The fraction of sp³-hybridized carbons (Fsp3) is 0.273. The van der Waals surface area contributed by atoms with Crippen molar-refractivity contribution < 1.29 is 32.4 Å². The molecule has 0 aliphatic carbocycles. The molecule has 10 heteroatoms. The van der Waals surface area contributed by atoms with Crippen LogP contribution >= 0.6 is 0 Å². The Morgan fingerprint density at radius 1 is 1.48 bits per heavy atom. The molecule has 0 bridgehead atoms. The Kier molecular flexibility index (Phi) is 4.70. The lowest BCUT2D eigenvalue weighted by molar-refractivity contribution is -0.388. The van der Waals surface area contributed by atoms with Crippen LogP contribution in [0.5, 0.6) is 5.75 Å². The van der Waals surface area contributed by atoms with E-state index in [0.29, 0.717) is 12.1 Å². The second kappa shape index (κ2) is 6.08. The molecule has 0 aliphatic rings. The van der Waals surface area contributed by atoms with Crippen molar-refractivity contribution >= 4 is 11.7 Å². The molecule has 0 amide bonds. The largest absolute Gasteiger partial charge is 0.573 e. The highest BCUT2D eigenvalue weighted by atomic mass is 19.4. The van der Waals surface area contributed by atoms with E-state index in [1.165, 1.54) is 13.0 Å². The summed E-state index contributed by atoms with van der Waals surface area (Å²) in [4.78, 5) is 21.1. The summed E-state index contributed by atoms with van der Waals surface area (Å²) in [6.45, 7) is 1.36. The molecule has 0 atom stereocenters. The average molecular weight is 304 g/mol. The molecular formula is C11H7F3N2O5. The topological polar surface area (TPSA) is 102 Å². The molecule has 1 aromatic rings. The summed E-state index contributed by atoms with van der Waals surface area (Å²) in [5.41, 5.74) is -2.13. The van der Waals surface area contributed by atoms with Gasteiger partial charge in [0.15, 0.2) is 0 Å². The van der Waals surface area contributed by atoms with E-state index < -0.39 is 39.8 Å². The molecule has 112 valence electrons. The zero-order valence-electron chi connectivity index (χ0n) is 10.4. The number of nitrogens with zero attached hydrogens (tertiary/aromatic N) is 2. The molecule has 0 saturated carbocycles. The molecule has 0 heterocycles. The molecule has 0 saturated heterocycles. The maximum Gasteiger partial charge on any atom is 0.573 e. The Morgan fingerprint density at radius 2 is 2.10 bits per heavy atom. The second-order valence-electron chi connectivity index (χ2n) is 3.50. The molecule has 7 nitrogen and oxygen atoms in total. The second-order valence-corrected chi connectivity index (χ2v) is 3.50. The molecule has 0 unspecified atom stereocenters. The van der Waals surface area contributed by atoms with Crippen LogP contribution in [0.2, 0.25) is 0 Å². The zero-order chi connectivity index (χ0) is 16.2. The Bertz CT molecular complexity index is 622. The highest BCUT2D eigenvalue weighted by Gasteiger charge is 2.35. The van der Waals surface area contributed by atoms with Gasteiger partial charge in [-0.3, -0.25) is 10.1 Å². The van der Waals surface area contributed by atoms with Gasteiger partial charge in [0.25, 0.3) is 0 Å². The molecular weight excluding hydrogens is 297 g/mol. The van der Waals surface area contributed by atoms with Gasteiger partial charge in [0, 0.05) is 12.1 Å². The van der Waals surface area contributed by atoms with Crippen LogP contribution in [0.15, 0.2) is 12.1 Å². The number of halogens is 3. The van der Waals surface area contributed by atoms with Crippen LogP contribution < -0.4 is 4.74 Å². The van der Waals surface area contributed by atoms with Crippen molar-refractivity contribution in [2.45, 2.75) is 13.3 Å². The third-order valence-electron chi connectivity index (χ3n) is 2.14. The predicted molar refractivity (Wildman–Crippen MR) is 60.5 cm³/mol. The van der Waals surface area contributed by atoms with Crippen molar-refractivity contribution in [1.82, 2.24) is 0 Å². The number of hydrogen-bond donors (Lipinski definition) is 0. The summed E-state index contributed by atoms with van der Waals surface area (Å²) in [6, 6.07) is 2.46. The lowest BCUT2D eigenvalue weighted by Gasteiger charge is -2.11. The first kappa shape index (κ1) is 16.2. The predicted octanol–water partition coefficient (Wildman–Crippen LogP) is 2.54. The molecule has 0 N–H and O–H groups in total. The standard InChI is InChI=1S/C11H7F3N2O5/c1-2-20-10(17)7-4-9(21-11(12,13)14)8(16(18)19)3-6(7)5-15/h3-4H,2H2,1H3. The van der Waals surface area contributed by atoms with Crippen LogP contribution in [0, 0.1) is 21.4 Å². The van der Waals surface area contributed by atoms with Crippen molar-refractivity contribution in [3.05, 3.63) is 33.4 Å². The number of nitro groups is 1. The molecule has 0 spiro atoms. The number of ether oxygens (including phenoxy) is 2. The van der Waals surface area contributed by atoms with E-state index >= 15 is 0 Å². The van der Waals surface area contributed by atoms with Crippen molar-refractivity contribution in [2.24, 2.45) is 0 Å². The molecule has 0 aromatic heterocycles. The summed E-state index contributed by atoms with van der Waals surface area (Å²) < 4.78 is 44.7. The minimum Gasteiger partial charge on any atom is -0.462 e. The first-order valence-corrected chi connectivity index (χ1v) is 5.35. The number of rotatable bonds is 4. The number of benzene rings is 1. The maximum atomic E-state index is 12.2. The first-order chi connectivity index (χ1) is 9.69. The van der Waals surface area contributed by atoms with Gasteiger partial charge in [0.1, 0.15) is 6.07 Å². The van der Waals surface area contributed by atoms with E-state index in [0.717, 1.165) is 0 Å². The fourth-order valence-corrected chi connectivity index (χ4v) is 1.39. The maximum absolute atomic E-state index is 12.2. The molecule has 21 heavy (non-hydrogen) atoms. The summed E-state index contributed by atoms with van der Waals surface area (Å²) in [5, 5.41) is 19.5. The third kappa shape index (κ3) is 4.07. The number of nitriles is 1. The number of nitro benzene ring substituents is 1. The van der Waals surface area contributed by atoms with Crippen LogP contribution in [-0.2, 0) is 4.74 Å².